The second kappa shape index (κ2) is 7.14. The molecule has 2 aromatic heterocycles. The van der Waals surface area contributed by atoms with Crippen molar-refractivity contribution >= 4 is 17.4 Å². The lowest BCUT2D eigenvalue weighted by atomic mass is 10.0. The first kappa shape index (κ1) is 16.6. The quantitative estimate of drug-likeness (QED) is 0.667. The summed E-state index contributed by atoms with van der Waals surface area (Å²) in [6, 6.07) is 9.89. The van der Waals surface area contributed by atoms with Crippen LogP contribution in [-0.4, -0.2) is 32.4 Å². The van der Waals surface area contributed by atoms with Gasteiger partial charge in [0.25, 0.3) is 0 Å². The second-order valence-electron chi connectivity index (χ2n) is 6.88. The van der Waals surface area contributed by atoms with E-state index in [4.69, 9.17) is 16.6 Å². The molecule has 0 spiro atoms. The van der Waals surface area contributed by atoms with Crippen LogP contribution in [-0.2, 0) is 6.54 Å². The smallest absolute Gasteiger partial charge is 0.234 e. The molecule has 0 aliphatic carbocycles. The van der Waals surface area contributed by atoms with Crippen molar-refractivity contribution in [3.05, 3.63) is 53.4 Å². The second-order valence-corrected chi connectivity index (χ2v) is 7.32. The van der Waals surface area contributed by atoms with Crippen LogP contribution in [0.4, 0.5) is 0 Å². The lowest BCUT2D eigenvalue weighted by Crippen LogP contribution is -2.21. The average molecular weight is 355 g/mol. The van der Waals surface area contributed by atoms with Gasteiger partial charge in [-0.05, 0) is 43.5 Å². The highest BCUT2D eigenvalue weighted by Gasteiger charge is 2.24. The van der Waals surface area contributed by atoms with Gasteiger partial charge in [-0.15, -0.1) is 0 Å². The van der Waals surface area contributed by atoms with Crippen molar-refractivity contribution in [1.82, 2.24) is 19.3 Å². The summed E-state index contributed by atoms with van der Waals surface area (Å²) >= 11 is 6.05. The molecule has 1 saturated heterocycles. The zero-order chi connectivity index (χ0) is 17.2. The summed E-state index contributed by atoms with van der Waals surface area (Å²) in [5.41, 5.74) is 3.31. The number of likely N-dealkylation sites (tertiary alicyclic amines) is 1. The van der Waals surface area contributed by atoms with Crippen LogP contribution < -0.4 is 0 Å². The Balaban J connectivity index is 1.69. The molecule has 0 bridgehead atoms. The first-order valence-electron chi connectivity index (χ1n) is 9.05. The zero-order valence-corrected chi connectivity index (χ0v) is 15.3. The average Bonchev–Trinajstić information content (AvgIpc) is 3.21. The van der Waals surface area contributed by atoms with Crippen LogP contribution in [0.1, 0.15) is 31.9 Å². The maximum absolute atomic E-state index is 6.05. The van der Waals surface area contributed by atoms with Crippen LogP contribution in [0.2, 0.25) is 5.02 Å². The van der Waals surface area contributed by atoms with E-state index in [0.29, 0.717) is 0 Å². The maximum Gasteiger partial charge on any atom is 0.234 e. The van der Waals surface area contributed by atoms with E-state index in [0.717, 1.165) is 41.1 Å². The maximum atomic E-state index is 6.05. The lowest BCUT2D eigenvalue weighted by Gasteiger charge is -2.17. The molecule has 25 heavy (non-hydrogen) atoms. The van der Waals surface area contributed by atoms with Gasteiger partial charge in [0.15, 0.2) is 0 Å². The van der Waals surface area contributed by atoms with E-state index < -0.39 is 0 Å². The fourth-order valence-electron chi connectivity index (χ4n) is 3.84. The highest BCUT2D eigenvalue weighted by Crippen LogP contribution is 2.29. The van der Waals surface area contributed by atoms with E-state index in [9.17, 15) is 0 Å². The van der Waals surface area contributed by atoms with Gasteiger partial charge >= 0.3 is 0 Å². The molecule has 4 nitrogen and oxygen atoms in total. The predicted molar refractivity (Wildman–Crippen MR) is 102 cm³/mol. The van der Waals surface area contributed by atoms with E-state index in [1.807, 2.05) is 30.3 Å². The largest absolute Gasteiger partial charge is 0.297 e. The molecule has 5 heteroatoms. The van der Waals surface area contributed by atoms with E-state index in [2.05, 4.69) is 27.4 Å². The van der Waals surface area contributed by atoms with E-state index >= 15 is 0 Å². The van der Waals surface area contributed by atoms with E-state index in [1.165, 1.54) is 31.5 Å². The number of halogens is 1. The van der Waals surface area contributed by atoms with Gasteiger partial charge in [0.1, 0.15) is 0 Å². The molecular weight excluding hydrogens is 332 g/mol. The van der Waals surface area contributed by atoms with Crippen molar-refractivity contribution in [3.63, 3.8) is 0 Å². The number of fused-ring (bicyclic) bond motifs is 1. The molecule has 3 aromatic rings. The number of nitrogens with zero attached hydrogens (tertiary/aromatic N) is 4. The van der Waals surface area contributed by atoms with Crippen molar-refractivity contribution in [2.75, 3.05) is 13.1 Å². The van der Waals surface area contributed by atoms with Gasteiger partial charge in [0.05, 0.1) is 11.4 Å². The zero-order valence-electron chi connectivity index (χ0n) is 14.5. The molecule has 0 radical (unpaired) electrons. The molecule has 3 heterocycles. The molecule has 1 atom stereocenters. The SMILES string of the molecule is CCCC1CCN(Cc2c(-c3ccc(Cl)cc3)nc3ncccn23)C1. The number of imidazole rings is 1. The molecular formula is C20H23ClN4. The van der Waals surface area contributed by atoms with Gasteiger partial charge in [-0.2, -0.15) is 0 Å². The Morgan fingerprint density at radius 2 is 2.08 bits per heavy atom. The van der Waals surface area contributed by atoms with Crippen LogP contribution >= 0.6 is 11.6 Å². The monoisotopic (exact) mass is 354 g/mol. The van der Waals surface area contributed by atoms with Crippen molar-refractivity contribution in [2.24, 2.45) is 5.92 Å². The van der Waals surface area contributed by atoms with Gasteiger partial charge < -0.3 is 0 Å². The molecule has 130 valence electrons. The molecule has 0 saturated carbocycles. The number of benzene rings is 1. The number of aromatic nitrogens is 3. The highest BCUT2D eigenvalue weighted by molar-refractivity contribution is 6.30. The standard InChI is InChI=1S/C20H23ClN4/c1-2-4-15-9-12-24(13-15)14-18-19(16-5-7-17(21)8-6-16)23-20-22-10-3-11-25(18)20/h3,5-8,10-11,15H,2,4,9,12-14H2,1H3. The van der Waals surface area contributed by atoms with Crippen molar-refractivity contribution in [1.29, 1.82) is 0 Å². The van der Waals surface area contributed by atoms with Gasteiger partial charge in [0, 0.05) is 36.1 Å². The molecule has 0 amide bonds. The number of hydrogen-bond acceptors (Lipinski definition) is 3. The number of hydrogen-bond donors (Lipinski definition) is 0. The van der Waals surface area contributed by atoms with Gasteiger partial charge in [-0.25, -0.2) is 9.97 Å². The molecule has 1 aliphatic heterocycles. The third kappa shape index (κ3) is 3.42. The minimum atomic E-state index is 0.745. The molecule has 1 aromatic carbocycles. The molecule has 1 fully saturated rings. The molecule has 0 N–H and O–H groups in total. The highest BCUT2D eigenvalue weighted by atomic mass is 35.5. The summed E-state index contributed by atoms with van der Waals surface area (Å²) in [4.78, 5) is 11.8. The van der Waals surface area contributed by atoms with E-state index in [1.54, 1.807) is 6.20 Å². The Kier molecular flexibility index (Phi) is 4.73. The molecule has 1 unspecified atom stereocenters. The van der Waals surface area contributed by atoms with Crippen LogP contribution in [0.3, 0.4) is 0 Å². The summed E-state index contributed by atoms with van der Waals surface area (Å²) in [5, 5.41) is 0.745. The summed E-state index contributed by atoms with van der Waals surface area (Å²) < 4.78 is 2.12. The summed E-state index contributed by atoms with van der Waals surface area (Å²) in [7, 11) is 0. The Hall–Kier alpha value is -1.91. The predicted octanol–water partition coefficient (Wildman–Crippen LogP) is 4.67. The van der Waals surface area contributed by atoms with E-state index in [-0.39, 0.29) is 0 Å². The molecule has 1 aliphatic rings. The third-order valence-corrected chi connectivity index (χ3v) is 5.31. The fourth-order valence-corrected chi connectivity index (χ4v) is 3.96. The Morgan fingerprint density at radius 1 is 1.24 bits per heavy atom. The Morgan fingerprint density at radius 3 is 2.88 bits per heavy atom. The van der Waals surface area contributed by atoms with Crippen molar-refractivity contribution in [2.45, 2.75) is 32.7 Å². The van der Waals surface area contributed by atoms with Crippen molar-refractivity contribution in [3.8, 4) is 11.3 Å². The minimum Gasteiger partial charge on any atom is -0.297 e. The number of rotatable bonds is 5. The topological polar surface area (TPSA) is 33.4 Å². The van der Waals surface area contributed by atoms with Crippen LogP contribution in [0.25, 0.3) is 17.0 Å². The Labute approximate surface area is 153 Å². The van der Waals surface area contributed by atoms with Crippen LogP contribution in [0.5, 0.6) is 0 Å². The van der Waals surface area contributed by atoms with Crippen LogP contribution in [0, 0.1) is 5.92 Å². The third-order valence-electron chi connectivity index (χ3n) is 5.06. The van der Waals surface area contributed by atoms with Gasteiger partial charge in [0.2, 0.25) is 5.78 Å². The first-order valence-corrected chi connectivity index (χ1v) is 9.42. The van der Waals surface area contributed by atoms with Crippen LogP contribution in [0.15, 0.2) is 42.7 Å². The van der Waals surface area contributed by atoms with Gasteiger partial charge in [-0.3, -0.25) is 9.30 Å². The first-order chi connectivity index (χ1) is 12.2. The summed E-state index contributed by atoms with van der Waals surface area (Å²) in [6.07, 6.45) is 7.76. The normalized spacial score (nSPS) is 18.2. The molecule has 4 rings (SSSR count). The minimum absolute atomic E-state index is 0.745. The Bertz CT molecular complexity index is 856. The van der Waals surface area contributed by atoms with Gasteiger partial charge in [-0.1, -0.05) is 37.1 Å². The fraction of sp³-hybridized carbons (Fsp3) is 0.400. The summed E-state index contributed by atoms with van der Waals surface area (Å²) in [5.74, 6) is 1.59. The lowest BCUT2D eigenvalue weighted by molar-refractivity contribution is 0.309. The van der Waals surface area contributed by atoms with Crippen molar-refractivity contribution < 1.29 is 0 Å². The summed E-state index contributed by atoms with van der Waals surface area (Å²) in [6.45, 7) is 5.53.